The highest BCUT2D eigenvalue weighted by molar-refractivity contribution is 5.22. The average molecular weight is 190 g/mol. The van der Waals surface area contributed by atoms with Gasteiger partial charge in [0.15, 0.2) is 0 Å². The zero-order valence-corrected chi connectivity index (χ0v) is 7.92. The van der Waals surface area contributed by atoms with E-state index in [0.29, 0.717) is 0 Å². The number of aryl methyl sites for hydroxylation is 1. The fraction of sp³-hybridized carbons (Fsp3) is 0.182. The van der Waals surface area contributed by atoms with E-state index in [1.54, 1.807) is 12.1 Å². The molecule has 0 saturated carbocycles. The number of aromatic nitrogens is 2. The zero-order valence-electron chi connectivity index (χ0n) is 7.92. The van der Waals surface area contributed by atoms with Crippen molar-refractivity contribution < 1.29 is 4.39 Å². The van der Waals surface area contributed by atoms with Crippen LogP contribution in [0.15, 0.2) is 30.3 Å². The van der Waals surface area contributed by atoms with Crippen LogP contribution in [0.2, 0.25) is 0 Å². The first-order chi connectivity index (χ1) is 6.74. The number of H-pyrrole nitrogens is 1. The molecule has 0 bridgehead atoms. The van der Waals surface area contributed by atoms with Crippen LogP contribution < -0.4 is 0 Å². The minimum absolute atomic E-state index is 0.202. The summed E-state index contributed by atoms with van der Waals surface area (Å²) in [5, 5.41) is 6.99. The maximum Gasteiger partial charge on any atom is 0.123 e. The summed E-state index contributed by atoms with van der Waals surface area (Å²) in [4.78, 5) is 0. The van der Waals surface area contributed by atoms with Gasteiger partial charge in [-0.2, -0.15) is 5.10 Å². The van der Waals surface area contributed by atoms with E-state index in [-0.39, 0.29) is 5.82 Å². The molecule has 1 aromatic carbocycles. The molecule has 1 N–H and O–H groups in total. The number of halogens is 1. The first kappa shape index (κ1) is 8.94. The van der Waals surface area contributed by atoms with Crippen LogP contribution in [0, 0.1) is 12.7 Å². The van der Waals surface area contributed by atoms with Gasteiger partial charge < -0.3 is 0 Å². The maximum atomic E-state index is 12.6. The van der Waals surface area contributed by atoms with Crippen LogP contribution in [-0.2, 0) is 6.42 Å². The fourth-order valence-corrected chi connectivity index (χ4v) is 1.38. The fourth-order valence-electron chi connectivity index (χ4n) is 1.38. The Morgan fingerprint density at radius 3 is 2.57 bits per heavy atom. The number of nitrogens with one attached hydrogen (secondary N) is 1. The molecule has 0 fully saturated rings. The Labute approximate surface area is 81.8 Å². The molecule has 0 aliphatic carbocycles. The Balaban J connectivity index is 2.15. The highest BCUT2D eigenvalue weighted by Crippen LogP contribution is 2.08. The molecule has 0 saturated heterocycles. The minimum atomic E-state index is -0.202. The summed E-state index contributed by atoms with van der Waals surface area (Å²) in [5.74, 6) is -0.202. The van der Waals surface area contributed by atoms with Crippen molar-refractivity contribution in [3.63, 3.8) is 0 Å². The smallest absolute Gasteiger partial charge is 0.123 e. The van der Waals surface area contributed by atoms with Gasteiger partial charge in [-0.3, -0.25) is 5.10 Å². The molecule has 2 aromatic rings. The first-order valence-corrected chi connectivity index (χ1v) is 4.49. The van der Waals surface area contributed by atoms with E-state index in [9.17, 15) is 4.39 Å². The largest absolute Gasteiger partial charge is 0.283 e. The lowest BCUT2D eigenvalue weighted by atomic mass is 10.1. The molecule has 1 aromatic heterocycles. The van der Waals surface area contributed by atoms with Gasteiger partial charge in [-0.1, -0.05) is 12.1 Å². The third-order valence-electron chi connectivity index (χ3n) is 2.06. The van der Waals surface area contributed by atoms with Gasteiger partial charge >= 0.3 is 0 Å². The summed E-state index contributed by atoms with van der Waals surface area (Å²) < 4.78 is 12.6. The molecule has 0 atom stereocenters. The van der Waals surface area contributed by atoms with Gasteiger partial charge in [0.05, 0.1) is 5.69 Å². The first-order valence-electron chi connectivity index (χ1n) is 4.49. The Kier molecular flexibility index (Phi) is 2.31. The summed E-state index contributed by atoms with van der Waals surface area (Å²) in [6.07, 6.45) is 0.741. The summed E-state index contributed by atoms with van der Waals surface area (Å²) in [6, 6.07) is 8.48. The van der Waals surface area contributed by atoms with E-state index < -0.39 is 0 Å². The molecular formula is C11H11FN2. The molecule has 0 aliphatic heterocycles. The van der Waals surface area contributed by atoms with Crippen molar-refractivity contribution in [1.82, 2.24) is 10.2 Å². The van der Waals surface area contributed by atoms with E-state index >= 15 is 0 Å². The second-order valence-corrected chi connectivity index (χ2v) is 3.35. The predicted molar refractivity (Wildman–Crippen MR) is 52.5 cm³/mol. The van der Waals surface area contributed by atoms with Crippen LogP contribution in [0.5, 0.6) is 0 Å². The van der Waals surface area contributed by atoms with E-state index in [1.165, 1.54) is 12.1 Å². The van der Waals surface area contributed by atoms with Gasteiger partial charge in [-0.05, 0) is 30.7 Å². The maximum absolute atomic E-state index is 12.6. The van der Waals surface area contributed by atoms with Crippen molar-refractivity contribution in [3.05, 3.63) is 53.1 Å². The summed E-state index contributed by atoms with van der Waals surface area (Å²) in [5.41, 5.74) is 3.09. The molecule has 0 radical (unpaired) electrons. The van der Waals surface area contributed by atoms with Crippen LogP contribution in [-0.4, -0.2) is 10.2 Å². The average Bonchev–Trinajstić information content (AvgIpc) is 2.56. The van der Waals surface area contributed by atoms with Crippen LogP contribution in [0.1, 0.15) is 17.0 Å². The molecule has 2 rings (SSSR count). The van der Waals surface area contributed by atoms with Crippen molar-refractivity contribution in [3.8, 4) is 0 Å². The minimum Gasteiger partial charge on any atom is -0.283 e. The Morgan fingerprint density at radius 2 is 2.00 bits per heavy atom. The van der Waals surface area contributed by atoms with Crippen molar-refractivity contribution in [2.75, 3.05) is 0 Å². The number of hydrogen-bond donors (Lipinski definition) is 1. The topological polar surface area (TPSA) is 28.7 Å². The molecule has 72 valence electrons. The van der Waals surface area contributed by atoms with Crippen molar-refractivity contribution >= 4 is 0 Å². The molecular weight excluding hydrogens is 179 g/mol. The van der Waals surface area contributed by atoms with Gasteiger partial charge in [0.2, 0.25) is 0 Å². The van der Waals surface area contributed by atoms with Crippen LogP contribution in [0.25, 0.3) is 0 Å². The highest BCUT2D eigenvalue weighted by atomic mass is 19.1. The Morgan fingerprint density at radius 1 is 1.29 bits per heavy atom. The lowest BCUT2D eigenvalue weighted by Crippen LogP contribution is -1.88. The second-order valence-electron chi connectivity index (χ2n) is 3.35. The van der Waals surface area contributed by atoms with E-state index in [2.05, 4.69) is 10.2 Å². The summed E-state index contributed by atoms with van der Waals surface area (Å²) >= 11 is 0. The molecule has 0 aliphatic rings. The standard InChI is InChI=1S/C11H11FN2/c1-8-6-11(14-13-8)7-9-2-4-10(12)5-3-9/h2-6H,7H2,1H3,(H,13,14). The number of rotatable bonds is 2. The van der Waals surface area contributed by atoms with Crippen molar-refractivity contribution in [2.24, 2.45) is 0 Å². The SMILES string of the molecule is Cc1cc(Cc2ccc(F)cc2)n[nH]1. The number of hydrogen-bond acceptors (Lipinski definition) is 1. The van der Waals surface area contributed by atoms with E-state index in [1.807, 2.05) is 13.0 Å². The molecule has 14 heavy (non-hydrogen) atoms. The second kappa shape index (κ2) is 3.62. The third kappa shape index (κ3) is 1.99. The van der Waals surface area contributed by atoms with Gasteiger partial charge in [0.25, 0.3) is 0 Å². The number of nitrogens with zero attached hydrogens (tertiary/aromatic N) is 1. The van der Waals surface area contributed by atoms with Gasteiger partial charge in [0.1, 0.15) is 5.82 Å². The molecule has 3 heteroatoms. The quantitative estimate of drug-likeness (QED) is 0.774. The van der Waals surface area contributed by atoms with Gasteiger partial charge in [-0.25, -0.2) is 4.39 Å². The number of aromatic amines is 1. The van der Waals surface area contributed by atoms with Crippen molar-refractivity contribution in [2.45, 2.75) is 13.3 Å². The monoisotopic (exact) mass is 190 g/mol. The predicted octanol–water partition coefficient (Wildman–Crippen LogP) is 2.45. The summed E-state index contributed by atoms with van der Waals surface area (Å²) in [7, 11) is 0. The summed E-state index contributed by atoms with van der Waals surface area (Å²) in [6.45, 7) is 1.96. The Hall–Kier alpha value is -1.64. The molecule has 0 amide bonds. The molecule has 2 nitrogen and oxygen atoms in total. The molecule has 0 spiro atoms. The lowest BCUT2D eigenvalue weighted by molar-refractivity contribution is 0.627. The third-order valence-corrected chi connectivity index (χ3v) is 2.06. The number of benzene rings is 1. The van der Waals surface area contributed by atoms with E-state index in [4.69, 9.17) is 0 Å². The molecule has 0 unspecified atom stereocenters. The van der Waals surface area contributed by atoms with Crippen molar-refractivity contribution in [1.29, 1.82) is 0 Å². The van der Waals surface area contributed by atoms with Crippen LogP contribution >= 0.6 is 0 Å². The van der Waals surface area contributed by atoms with Crippen LogP contribution in [0.3, 0.4) is 0 Å². The molecule has 1 heterocycles. The zero-order chi connectivity index (χ0) is 9.97. The van der Waals surface area contributed by atoms with Gasteiger partial charge in [0, 0.05) is 12.1 Å². The Bertz CT molecular complexity index is 417. The van der Waals surface area contributed by atoms with Crippen LogP contribution in [0.4, 0.5) is 4.39 Å². The van der Waals surface area contributed by atoms with Gasteiger partial charge in [-0.15, -0.1) is 0 Å². The highest BCUT2D eigenvalue weighted by Gasteiger charge is 1.99. The van der Waals surface area contributed by atoms with E-state index in [0.717, 1.165) is 23.4 Å². The normalized spacial score (nSPS) is 10.4. The lowest BCUT2D eigenvalue weighted by Gasteiger charge is -1.96.